The van der Waals surface area contributed by atoms with Gasteiger partial charge in [-0.05, 0) is 31.4 Å². The van der Waals surface area contributed by atoms with Crippen molar-refractivity contribution in [2.24, 2.45) is 4.99 Å². The fraction of sp³-hybridized carbons (Fsp3) is 0.632. The number of nitrogens with one attached hydrogen (secondary N) is 2. The quantitative estimate of drug-likeness (QED) is 0.534. The molecular formula is C19H29FN4O2S. The highest BCUT2D eigenvalue weighted by atomic mass is 32.2. The standard InChI is InChI=1S/C19H29FN4O2S/c1-2-21-18(22-9-10-24-11-13-27(25,26)14-12-24)23-15-19(7-8-19)16-5-3-4-6-17(16)20/h3-6H,2,7-15H2,1H3,(H2,21,22,23). The van der Waals surface area contributed by atoms with E-state index in [1.54, 1.807) is 6.07 Å². The van der Waals surface area contributed by atoms with Crippen molar-refractivity contribution in [1.29, 1.82) is 0 Å². The SMILES string of the molecule is CCNC(=NCC1(c2ccccc2F)CC1)NCCN1CCS(=O)(=O)CC1. The van der Waals surface area contributed by atoms with E-state index in [9.17, 15) is 12.8 Å². The van der Waals surface area contributed by atoms with Crippen molar-refractivity contribution >= 4 is 15.8 Å². The third kappa shape index (κ3) is 5.42. The van der Waals surface area contributed by atoms with E-state index in [1.165, 1.54) is 6.07 Å². The highest BCUT2D eigenvalue weighted by Gasteiger charge is 2.45. The lowest BCUT2D eigenvalue weighted by molar-refractivity contribution is 0.299. The van der Waals surface area contributed by atoms with Gasteiger partial charge in [-0.1, -0.05) is 18.2 Å². The van der Waals surface area contributed by atoms with Gasteiger partial charge >= 0.3 is 0 Å². The van der Waals surface area contributed by atoms with Crippen molar-refractivity contribution in [1.82, 2.24) is 15.5 Å². The van der Waals surface area contributed by atoms with Crippen LogP contribution in [0.2, 0.25) is 0 Å². The fourth-order valence-electron chi connectivity index (χ4n) is 3.43. The average Bonchev–Trinajstić information content (AvgIpc) is 3.42. The van der Waals surface area contributed by atoms with Gasteiger partial charge in [-0.15, -0.1) is 0 Å². The van der Waals surface area contributed by atoms with Gasteiger partial charge in [0.1, 0.15) is 5.82 Å². The monoisotopic (exact) mass is 396 g/mol. The molecule has 2 fully saturated rings. The van der Waals surface area contributed by atoms with Crippen molar-refractivity contribution in [3.63, 3.8) is 0 Å². The molecule has 2 N–H and O–H groups in total. The molecule has 1 aromatic carbocycles. The Hall–Kier alpha value is -1.67. The first kappa shape index (κ1) is 20.1. The van der Waals surface area contributed by atoms with E-state index in [-0.39, 0.29) is 22.7 Å². The van der Waals surface area contributed by atoms with E-state index in [2.05, 4.69) is 20.5 Å². The molecule has 2 aliphatic rings. The summed E-state index contributed by atoms with van der Waals surface area (Å²) in [6, 6.07) is 6.98. The van der Waals surface area contributed by atoms with Crippen LogP contribution < -0.4 is 10.6 Å². The maximum atomic E-state index is 14.1. The van der Waals surface area contributed by atoms with Gasteiger partial charge < -0.3 is 10.6 Å². The molecule has 1 aliphatic heterocycles. The van der Waals surface area contributed by atoms with E-state index in [0.717, 1.165) is 37.5 Å². The van der Waals surface area contributed by atoms with Crippen LogP contribution in [-0.4, -0.2) is 70.1 Å². The first-order valence-corrected chi connectivity index (χ1v) is 11.5. The molecule has 1 aromatic rings. The van der Waals surface area contributed by atoms with E-state index in [1.807, 2.05) is 19.1 Å². The van der Waals surface area contributed by atoms with Gasteiger partial charge in [-0.2, -0.15) is 0 Å². The molecule has 0 atom stereocenters. The Bertz CT molecular complexity index is 764. The Morgan fingerprint density at radius 3 is 2.56 bits per heavy atom. The molecule has 0 unspecified atom stereocenters. The first-order chi connectivity index (χ1) is 12.9. The molecule has 1 saturated carbocycles. The number of guanidine groups is 1. The first-order valence-electron chi connectivity index (χ1n) is 9.64. The van der Waals surface area contributed by atoms with E-state index >= 15 is 0 Å². The lowest BCUT2D eigenvalue weighted by atomic mass is 9.95. The molecule has 0 spiro atoms. The smallest absolute Gasteiger partial charge is 0.191 e. The summed E-state index contributed by atoms with van der Waals surface area (Å²) >= 11 is 0. The average molecular weight is 397 g/mol. The van der Waals surface area contributed by atoms with Crippen LogP contribution in [0.25, 0.3) is 0 Å². The van der Waals surface area contributed by atoms with Crippen LogP contribution in [0.1, 0.15) is 25.3 Å². The Kier molecular flexibility index (Phi) is 6.37. The van der Waals surface area contributed by atoms with Gasteiger partial charge in [0, 0.05) is 38.1 Å². The summed E-state index contributed by atoms with van der Waals surface area (Å²) in [6.07, 6.45) is 1.91. The van der Waals surface area contributed by atoms with Gasteiger partial charge in [-0.25, -0.2) is 12.8 Å². The zero-order valence-electron chi connectivity index (χ0n) is 15.9. The van der Waals surface area contributed by atoms with Gasteiger partial charge in [0.25, 0.3) is 0 Å². The second-order valence-electron chi connectivity index (χ2n) is 7.38. The minimum atomic E-state index is -2.84. The van der Waals surface area contributed by atoms with Crippen LogP contribution >= 0.6 is 0 Å². The maximum Gasteiger partial charge on any atom is 0.191 e. The van der Waals surface area contributed by atoms with Gasteiger partial charge in [0.2, 0.25) is 0 Å². The highest BCUT2D eigenvalue weighted by Crippen LogP contribution is 2.49. The van der Waals surface area contributed by atoms with Crippen LogP contribution in [0.4, 0.5) is 4.39 Å². The molecule has 0 amide bonds. The Balaban J connectivity index is 1.52. The van der Waals surface area contributed by atoms with E-state index in [4.69, 9.17) is 0 Å². The number of hydrogen-bond acceptors (Lipinski definition) is 4. The zero-order valence-corrected chi connectivity index (χ0v) is 16.7. The van der Waals surface area contributed by atoms with Gasteiger partial charge in [-0.3, -0.25) is 9.89 Å². The molecule has 27 heavy (non-hydrogen) atoms. The Labute approximate surface area is 161 Å². The maximum absolute atomic E-state index is 14.1. The minimum Gasteiger partial charge on any atom is -0.357 e. The summed E-state index contributed by atoms with van der Waals surface area (Å²) in [5.41, 5.74) is 0.591. The Morgan fingerprint density at radius 2 is 1.93 bits per heavy atom. The fourth-order valence-corrected chi connectivity index (χ4v) is 4.71. The van der Waals surface area contributed by atoms with Crippen LogP contribution in [0.5, 0.6) is 0 Å². The molecule has 1 heterocycles. The van der Waals surface area contributed by atoms with Gasteiger partial charge in [0.15, 0.2) is 15.8 Å². The molecule has 1 saturated heterocycles. The summed E-state index contributed by atoms with van der Waals surface area (Å²) in [7, 11) is -2.84. The summed E-state index contributed by atoms with van der Waals surface area (Å²) in [6.45, 7) is 5.97. The normalized spacial score (nSPS) is 21.6. The summed E-state index contributed by atoms with van der Waals surface area (Å²) in [4.78, 5) is 6.84. The third-order valence-corrected chi connectivity index (χ3v) is 6.95. The molecule has 8 heteroatoms. The lowest BCUT2D eigenvalue weighted by Gasteiger charge is -2.26. The molecule has 0 aromatic heterocycles. The number of halogens is 1. The van der Waals surface area contributed by atoms with Crippen LogP contribution in [0.15, 0.2) is 29.3 Å². The molecule has 0 radical (unpaired) electrons. The summed E-state index contributed by atoms with van der Waals surface area (Å²) in [5, 5.41) is 6.54. The second-order valence-corrected chi connectivity index (χ2v) is 9.68. The number of rotatable bonds is 7. The zero-order chi connectivity index (χ0) is 19.3. The van der Waals surface area contributed by atoms with Crippen molar-refractivity contribution < 1.29 is 12.8 Å². The number of sulfone groups is 1. The second kappa shape index (κ2) is 8.56. The van der Waals surface area contributed by atoms with Crippen molar-refractivity contribution in [3.8, 4) is 0 Å². The number of nitrogens with zero attached hydrogens (tertiary/aromatic N) is 2. The predicted octanol–water partition coefficient (Wildman–Crippen LogP) is 1.14. The third-order valence-electron chi connectivity index (χ3n) is 5.34. The number of benzene rings is 1. The lowest BCUT2D eigenvalue weighted by Crippen LogP contribution is -2.46. The topological polar surface area (TPSA) is 73.8 Å². The van der Waals surface area contributed by atoms with E-state index < -0.39 is 9.84 Å². The number of aliphatic imine (C=N–C) groups is 1. The molecule has 1 aliphatic carbocycles. The molecule has 0 bridgehead atoms. The molecule has 150 valence electrons. The van der Waals surface area contributed by atoms with Crippen LogP contribution in [0.3, 0.4) is 0 Å². The minimum absolute atomic E-state index is 0.150. The van der Waals surface area contributed by atoms with Gasteiger partial charge in [0.05, 0.1) is 18.1 Å². The molecule has 3 rings (SSSR count). The predicted molar refractivity (Wildman–Crippen MR) is 106 cm³/mol. The van der Waals surface area contributed by atoms with Crippen LogP contribution in [-0.2, 0) is 15.3 Å². The molecule has 6 nitrogen and oxygen atoms in total. The van der Waals surface area contributed by atoms with Crippen LogP contribution in [0, 0.1) is 5.82 Å². The Morgan fingerprint density at radius 1 is 1.22 bits per heavy atom. The number of hydrogen-bond donors (Lipinski definition) is 2. The van der Waals surface area contributed by atoms with Crippen molar-refractivity contribution in [3.05, 3.63) is 35.6 Å². The molecular weight excluding hydrogens is 367 g/mol. The largest absolute Gasteiger partial charge is 0.357 e. The van der Waals surface area contributed by atoms with Crippen molar-refractivity contribution in [2.75, 3.05) is 50.8 Å². The highest BCUT2D eigenvalue weighted by molar-refractivity contribution is 7.91. The summed E-state index contributed by atoms with van der Waals surface area (Å²) in [5.74, 6) is 1.06. The van der Waals surface area contributed by atoms with E-state index in [0.29, 0.717) is 26.2 Å². The summed E-state index contributed by atoms with van der Waals surface area (Å²) < 4.78 is 37.1. The van der Waals surface area contributed by atoms with Crippen molar-refractivity contribution in [2.45, 2.75) is 25.2 Å².